The molecule has 0 unspecified atom stereocenters. The Morgan fingerprint density at radius 1 is 1.08 bits per heavy atom. The molecule has 1 aromatic carbocycles. The minimum atomic E-state index is -1.18. The monoisotopic (exact) mass is 325 g/mol. The van der Waals surface area contributed by atoms with Gasteiger partial charge in [0.1, 0.15) is 0 Å². The first-order valence-corrected chi connectivity index (χ1v) is 7.84. The van der Waals surface area contributed by atoms with E-state index in [0.29, 0.717) is 13.1 Å². The number of hydrogen-bond donors (Lipinski definition) is 1. The number of furan rings is 1. The van der Waals surface area contributed by atoms with Crippen LogP contribution in [-0.4, -0.2) is 35.0 Å². The van der Waals surface area contributed by atoms with E-state index >= 15 is 0 Å². The third-order valence-corrected chi connectivity index (χ3v) is 4.12. The topological polar surface area (TPSA) is 70.8 Å². The van der Waals surface area contributed by atoms with Crippen molar-refractivity contribution in [1.29, 1.82) is 0 Å². The normalized spacial score (nSPS) is 14.4. The number of aromatic carboxylic acids is 1. The van der Waals surface area contributed by atoms with Gasteiger partial charge in [0.2, 0.25) is 5.76 Å². The lowest BCUT2D eigenvalue weighted by Crippen LogP contribution is -2.34. The molecule has 2 heterocycles. The summed E-state index contributed by atoms with van der Waals surface area (Å²) in [7, 11) is 0. The number of aryl methyl sites for hydroxylation is 2. The average Bonchev–Trinajstić information content (AvgIpc) is 3.03. The maximum absolute atomic E-state index is 12.4. The molecule has 1 amide bonds. The molecule has 1 N–H and O–H groups in total. The number of carbonyl (C=O) groups excluding carboxylic acids is 1. The number of hydrogen-bond acceptors (Lipinski definition) is 3. The minimum Gasteiger partial charge on any atom is -0.475 e. The zero-order chi connectivity index (χ0) is 17.3. The van der Waals surface area contributed by atoms with Gasteiger partial charge < -0.3 is 14.4 Å². The number of benzene rings is 1. The van der Waals surface area contributed by atoms with E-state index in [4.69, 9.17) is 9.52 Å². The molecule has 1 aliphatic heterocycles. The second-order valence-electron chi connectivity index (χ2n) is 6.08. The third-order valence-electron chi connectivity index (χ3n) is 4.12. The Labute approximate surface area is 140 Å². The van der Waals surface area contributed by atoms with Gasteiger partial charge >= 0.3 is 5.97 Å². The molecular formula is C19H19NO4. The van der Waals surface area contributed by atoms with Gasteiger partial charge in [0.15, 0.2) is 5.76 Å². The Morgan fingerprint density at radius 3 is 2.29 bits per heavy atom. The van der Waals surface area contributed by atoms with Gasteiger partial charge in [-0.2, -0.15) is 0 Å². The van der Waals surface area contributed by atoms with Crippen LogP contribution in [0.1, 0.15) is 44.2 Å². The number of rotatable bonds is 3. The number of carboxylic acids is 1. The zero-order valence-electron chi connectivity index (χ0n) is 13.7. The van der Waals surface area contributed by atoms with Crippen molar-refractivity contribution >= 4 is 17.4 Å². The van der Waals surface area contributed by atoms with Crippen molar-refractivity contribution in [1.82, 2.24) is 4.90 Å². The Bertz CT molecular complexity index is 811. The van der Waals surface area contributed by atoms with Crippen molar-refractivity contribution in [2.75, 3.05) is 13.1 Å². The lowest BCUT2D eigenvalue weighted by molar-refractivity contribution is 0.0652. The summed E-state index contributed by atoms with van der Waals surface area (Å²) in [6.45, 7) is 5.23. The molecule has 2 aromatic rings. The highest BCUT2D eigenvalue weighted by atomic mass is 16.4. The van der Waals surface area contributed by atoms with Gasteiger partial charge in [0.05, 0.1) is 0 Å². The van der Waals surface area contributed by atoms with Crippen molar-refractivity contribution in [3.63, 3.8) is 0 Å². The second-order valence-corrected chi connectivity index (χ2v) is 6.08. The quantitative estimate of drug-likeness (QED) is 0.937. The molecule has 1 aliphatic rings. The number of carboxylic acid groups (broad SMARTS) is 1. The van der Waals surface area contributed by atoms with Gasteiger partial charge in [-0.1, -0.05) is 35.4 Å². The molecule has 0 bridgehead atoms. The van der Waals surface area contributed by atoms with E-state index in [9.17, 15) is 9.59 Å². The summed E-state index contributed by atoms with van der Waals surface area (Å²) in [4.78, 5) is 24.9. The molecule has 24 heavy (non-hydrogen) atoms. The van der Waals surface area contributed by atoms with Crippen LogP contribution in [0.4, 0.5) is 0 Å². The molecule has 0 aliphatic carbocycles. The fourth-order valence-corrected chi connectivity index (χ4v) is 3.00. The van der Waals surface area contributed by atoms with Gasteiger partial charge in [0.25, 0.3) is 5.91 Å². The molecule has 0 fully saturated rings. The summed E-state index contributed by atoms with van der Waals surface area (Å²) < 4.78 is 5.09. The van der Waals surface area contributed by atoms with Gasteiger partial charge in [-0.25, -0.2) is 4.79 Å². The predicted molar refractivity (Wildman–Crippen MR) is 90.1 cm³/mol. The highest BCUT2D eigenvalue weighted by Gasteiger charge is 2.23. The maximum Gasteiger partial charge on any atom is 0.371 e. The summed E-state index contributed by atoms with van der Waals surface area (Å²) >= 11 is 0. The van der Waals surface area contributed by atoms with Gasteiger partial charge in [-0.3, -0.25) is 4.79 Å². The molecule has 0 spiro atoms. The summed E-state index contributed by atoms with van der Waals surface area (Å²) in [5.74, 6) is -1.61. The Kier molecular flexibility index (Phi) is 4.25. The molecule has 0 saturated carbocycles. The van der Waals surface area contributed by atoms with Crippen molar-refractivity contribution < 1.29 is 19.1 Å². The van der Waals surface area contributed by atoms with E-state index in [0.717, 1.165) is 6.42 Å². The molecule has 1 aromatic heterocycles. The lowest BCUT2D eigenvalue weighted by atomic mass is 9.96. The predicted octanol–water partition coefficient (Wildman–Crippen LogP) is 3.52. The van der Waals surface area contributed by atoms with Gasteiger partial charge in [0, 0.05) is 13.1 Å². The fourth-order valence-electron chi connectivity index (χ4n) is 3.00. The van der Waals surface area contributed by atoms with Gasteiger partial charge in [-0.05, 0) is 43.5 Å². The van der Waals surface area contributed by atoms with Crippen LogP contribution < -0.4 is 0 Å². The summed E-state index contributed by atoms with van der Waals surface area (Å²) in [6, 6.07) is 9.16. The molecule has 3 rings (SSSR count). The van der Waals surface area contributed by atoms with Crippen LogP contribution in [0.5, 0.6) is 0 Å². The number of nitrogens with zero attached hydrogens (tertiary/aromatic N) is 1. The average molecular weight is 325 g/mol. The second kappa shape index (κ2) is 6.35. The van der Waals surface area contributed by atoms with Crippen molar-refractivity contribution in [2.45, 2.75) is 20.3 Å². The first-order chi connectivity index (χ1) is 11.4. The van der Waals surface area contributed by atoms with Crippen LogP contribution in [0.2, 0.25) is 0 Å². The van der Waals surface area contributed by atoms with Crippen LogP contribution in [0.3, 0.4) is 0 Å². The summed E-state index contributed by atoms with van der Waals surface area (Å²) in [6.07, 6.45) is 2.82. The van der Waals surface area contributed by atoms with Gasteiger partial charge in [-0.15, -0.1) is 0 Å². The molecular weight excluding hydrogens is 306 g/mol. The molecule has 124 valence electrons. The SMILES string of the molecule is Cc1cc(C)cc(C2=CCN(C(=O)c3ccc(C(=O)O)o3)CC2)c1. The van der Waals surface area contributed by atoms with Crippen molar-refractivity contribution in [2.24, 2.45) is 0 Å². The summed E-state index contributed by atoms with van der Waals surface area (Å²) in [5, 5.41) is 8.87. The Hall–Kier alpha value is -2.82. The molecule has 5 nitrogen and oxygen atoms in total. The van der Waals surface area contributed by atoms with E-state index < -0.39 is 5.97 Å². The van der Waals surface area contributed by atoms with E-state index in [1.807, 2.05) is 0 Å². The Balaban J connectivity index is 1.74. The zero-order valence-corrected chi connectivity index (χ0v) is 13.7. The van der Waals surface area contributed by atoms with Crippen molar-refractivity contribution in [3.8, 4) is 0 Å². The fraction of sp³-hybridized carbons (Fsp3) is 0.263. The first kappa shape index (κ1) is 16.1. The van der Waals surface area contributed by atoms with Crippen LogP contribution in [0, 0.1) is 13.8 Å². The molecule has 5 heteroatoms. The Morgan fingerprint density at radius 2 is 1.75 bits per heavy atom. The smallest absolute Gasteiger partial charge is 0.371 e. The van der Waals surface area contributed by atoms with Crippen LogP contribution in [-0.2, 0) is 0 Å². The maximum atomic E-state index is 12.4. The van der Waals surface area contributed by atoms with Crippen LogP contribution in [0.15, 0.2) is 40.8 Å². The number of amides is 1. The molecule has 0 saturated heterocycles. The highest BCUT2D eigenvalue weighted by Crippen LogP contribution is 2.25. The standard InChI is InChI=1S/C19H19NO4/c1-12-9-13(2)11-15(10-12)14-5-7-20(8-6-14)18(21)16-3-4-17(24-16)19(22)23/h3-5,9-11H,6-8H2,1-2H3,(H,22,23). The molecule has 0 atom stereocenters. The van der Waals surface area contributed by atoms with Crippen LogP contribution in [0.25, 0.3) is 5.57 Å². The molecule has 0 radical (unpaired) electrons. The largest absolute Gasteiger partial charge is 0.475 e. The highest BCUT2D eigenvalue weighted by molar-refractivity contribution is 5.94. The third kappa shape index (κ3) is 3.25. The van der Waals surface area contributed by atoms with Crippen molar-refractivity contribution in [3.05, 3.63) is 64.6 Å². The van der Waals surface area contributed by atoms with E-state index in [1.54, 1.807) is 4.90 Å². The first-order valence-electron chi connectivity index (χ1n) is 7.84. The van der Waals surface area contributed by atoms with E-state index in [1.165, 1.54) is 34.4 Å². The lowest BCUT2D eigenvalue weighted by Gasteiger charge is -2.26. The van der Waals surface area contributed by atoms with E-state index in [2.05, 4.69) is 38.1 Å². The minimum absolute atomic E-state index is 0.0654. The number of carbonyl (C=O) groups is 2. The van der Waals surface area contributed by atoms with E-state index in [-0.39, 0.29) is 17.4 Å². The van der Waals surface area contributed by atoms with Crippen LogP contribution >= 0.6 is 0 Å². The summed E-state index contributed by atoms with van der Waals surface area (Å²) in [5.41, 5.74) is 4.88.